The number of carbonyl (C=O) groups excluding carboxylic acids is 5. The number of primary amides is 1. The van der Waals surface area contributed by atoms with Crippen LogP contribution in [-0.4, -0.2) is 79.3 Å². The molecule has 1 heterocycles. The summed E-state index contributed by atoms with van der Waals surface area (Å²) in [5, 5.41) is 14.1. The van der Waals surface area contributed by atoms with Crippen LogP contribution in [0.4, 0.5) is 5.69 Å². The molecule has 0 saturated heterocycles. The van der Waals surface area contributed by atoms with E-state index >= 15 is 0 Å². The highest BCUT2D eigenvalue weighted by Crippen LogP contribution is 2.53. The number of fused-ring (bicyclic) bond motifs is 5. The first-order chi connectivity index (χ1) is 16.9. The molecule has 6 unspecified atom stereocenters. The molecule has 0 spiro atoms. The zero-order chi connectivity index (χ0) is 26.3. The predicted octanol–water partition coefficient (Wildman–Crippen LogP) is -0.00340. The summed E-state index contributed by atoms with van der Waals surface area (Å²) in [4.78, 5) is 69.8. The summed E-state index contributed by atoms with van der Waals surface area (Å²) in [6, 6.07) is 1.70. The third-order valence-corrected chi connectivity index (χ3v) is 8.91. The highest BCUT2D eigenvalue weighted by molar-refractivity contribution is 6.28. The first-order valence-corrected chi connectivity index (χ1v) is 12.3. The topological polar surface area (TPSA) is 150 Å². The first kappa shape index (κ1) is 24.6. The van der Waals surface area contributed by atoms with Gasteiger partial charge in [-0.3, -0.25) is 24.0 Å². The van der Waals surface area contributed by atoms with Gasteiger partial charge in [-0.2, -0.15) is 0 Å². The summed E-state index contributed by atoms with van der Waals surface area (Å²) < 4.78 is 0. The summed E-state index contributed by atoms with van der Waals surface area (Å²) in [6.45, 7) is 0.772. The second kappa shape index (κ2) is 8.21. The number of hydrogen-bond donors (Lipinski definition) is 3. The molecular weight excluding hydrogens is 464 g/mol. The van der Waals surface area contributed by atoms with Gasteiger partial charge in [0, 0.05) is 37.3 Å². The van der Waals surface area contributed by atoms with Crippen molar-refractivity contribution in [1.29, 1.82) is 0 Å². The zero-order valence-electron chi connectivity index (χ0n) is 21.0. The number of phenolic OH excluding ortho intramolecular Hbond substituents is 1. The van der Waals surface area contributed by atoms with Crippen LogP contribution in [0.2, 0.25) is 0 Å². The van der Waals surface area contributed by atoms with Gasteiger partial charge < -0.3 is 26.0 Å². The molecule has 1 aromatic rings. The number of phenols is 1. The van der Waals surface area contributed by atoms with Crippen LogP contribution < -0.4 is 16.0 Å². The van der Waals surface area contributed by atoms with Crippen LogP contribution in [0.25, 0.3) is 0 Å². The molecule has 10 nitrogen and oxygen atoms in total. The number of amides is 1. The van der Waals surface area contributed by atoms with Gasteiger partial charge in [-0.25, -0.2) is 0 Å². The van der Waals surface area contributed by atoms with Crippen molar-refractivity contribution >= 4 is 34.7 Å². The van der Waals surface area contributed by atoms with Gasteiger partial charge in [-0.05, 0) is 63.5 Å². The molecule has 3 aliphatic carbocycles. The van der Waals surface area contributed by atoms with E-state index in [0.717, 1.165) is 24.2 Å². The van der Waals surface area contributed by atoms with Gasteiger partial charge in [0.15, 0.2) is 29.1 Å². The molecule has 2 saturated carbocycles. The highest BCUT2D eigenvalue weighted by Gasteiger charge is 2.64. The Balaban J connectivity index is 1.64. The SMILES string of the molecule is CNC12CC(=O)C(C(N)=O)C(=O)C1C(=O)C1C(=O)c3c(O)cc4c(c3CC1C2)N(C)CCC4N(C)C. The van der Waals surface area contributed by atoms with E-state index in [1.807, 2.05) is 21.1 Å². The lowest BCUT2D eigenvalue weighted by Gasteiger charge is -2.52. The van der Waals surface area contributed by atoms with E-state index < -0.39 is 58.3 Å². The molecule has 192 valence electrons. The van der Waals surface area contributed by atoms with Crippen LogP contribution >= 0.6 is 0 Å². The quantitative estimate of drug-likeness (QED) is 0.491. The number of benzene rings is 1. The molecule has 1 aliphatic heterocycles. The smallest absolute Gasteiger partial charge is 0.235 e. The molecule has 4 N–H and O–H groups in total. The maximum absolute atomic E-state index is 13.8. The van der Waals surface area contributed by atoms with Crippen LogP contribution in [0.15, 0.2) is 6.07 Å². The van der Waals surface area contributed by atoms with Crippen molar-refractivity contribution in [2.75, 3.05) is 39.6 Å². The van der Waals surface area contributed by atoms with Crippen LogP contribution in [-0.2, 0) is 25.6 Å². The monoisotopic (exact) mass is 496 g/mol. The minimum atomic E-state index is -1.68. The maximum atomic E-state index is 13.8. The van der Waals surface area contributed by atoms with Crippen molar-refractivity contribution < 1.29 is 29.1 Å². The molecule has 36 heavy (non-hydrogen) atoms. The third kappa shape index (κ3) is 3.20. The molecule has 1 amide bonds. The molecule has 1 aromatic carbocycles. The number of ketones is 4. The Bertz CT molecular complexity index is 1230. The lowest BCUT2D eigenvalue weighted by atomic mass is 9.52. The number of nitrogens with two attached hydrogens (primary N) is 1. The lowest BCUT2D eigenvalue weighted by molar-refractivity contribution is -0.155. The Hall–Kier alpha value is -3.11. The third-order valence-electron chi connectivity index (χ3n) is 8.91. The van der Waals surface area contributed by atoms with E-state index in [2.05, 4.69) is 15.1 Å². The van der Waals surface area contributed by atoms with Crippen molar-refractivity contribution in [2.45, 2.75) is 37.3 Å². The molecule has 6 atom stereocenters. The molecular formula is C26H32N4O6. The second-order valence-corrected chi connectivity index (χ2v) is 11.0. The molecule has 0 bridgehead atoms. The summed E-state index contributed by atoms with van der Waals surface area (Å²) in [7, 11) is 7.50. The van der Waals surface area contributed by atoms with Gasteiger partial charge in [0.25, 0.3) is 0 Å². The summed E-state index contributed by atoms with van der Waals surface area (Å²) in [5.74, 6) is -8.36. The Morgan fingerprint density at radius 3 is 2.53 bits per heavy atom. The summed E-state index contributed by atoms with van der Waals surface area (Å²) in [6.07, 6.45) is 1.27. The number of rotatable bonds is 3. The minimum Gasteiger partial charge on any atom is -0.507 e. The van der Waals surface area contributed by atoms with Gasteiger partial charge >= 0.3 is 0 Å². The fourth-order valence-corrected chi connectivity index (χ4v) is 7.33. The van der Waals surface area contributed by atoms with E-state index in [1.165, 1.54) is 0 Å². The average Bonchev–Trinajstić information content (AvgIpc) is 2.77. The van der Waals surface area contributed by atoms with Crippen LogP contribution in [0, 0.1) is 23.7 Å². The van der Waals surface area contributed by atoms with E-state index in [9.17, 15) is 29.1 Å². The fourth-order valence-electron chi connectivity index (χ4n) is 7.33. The number of nitrogens with zero attached hydrogens (tertiary/aromatic N) is 2. The first-order valence-electron chi connectivity index (χ1n) is 12.3. The number of aromatic hydroxyl groups is 1. The van der Waals surface area contributed by atoms with Crippen molar-refractivity contribution in [2.24, 2.45) is 29.4 Å². The van der Waals surface area contributed by atoms with Gasteiger partial charge in [-0.15, -0.1) is 0 Å². The van der Waals surface area contributed by atoms with Crippen LogP contribution in [0.3, 0.4) is 0 Å². The van der Waals surface area contributed by atoms with Crippen LogP contribution in [0.1, 0.15) is 46.8 Å². The van der Waals surface area contributed by atoms with Crippen molar-refractivity contribution in [3.63, 3.8) is 0 Å². The van der Waals surface area contributed by atoms with Gasteiger partial charge in [0.2, 0.25) is 5.91 Å². The van der Waals surface area contributed by atoms with E-state index in [1.54, 1.807) is 13.1 Å². The predicted molar refractivity (Wildman–Crippen MR) is 130 cm³/mol. The van der Waals surface area contributed by atoms with Crippen LogP contribution in [0.5, 0.6) is 5.75 Å². The minimum absolute atomic E-state index is 0.0700. The number of carbonyl (C=O) groups is 5. The Morgan fingerprint density at radius 2 is 1.92 bits per heavy atom. The fraction of sp³-hybridized carbons (Fsp3) is 0.577. The molecule has 0 radical (unpaired) electrons. The standard InChI is InChI=1S/C26H32N4O6/c1-28-26-9-11-7-13-18(15(31)8-12-14(29(2)3)5-6-30(4)21(12)13)22(33)17(11)23(34)20(26)24(35)19(25(27)36)16(32)10-26/h8,11,14,17,19-20,28,31H,5-7,9-10H2,1-4H3,(H2,27,36). The normalized spacial score (nSPS) is 33.7. The average molecular weight is 497 g/mol. The van der Waals surface area contributed by atoms with Crippen molar-refractivity contribution in [3.05, 3.63) is 22.8 Å². The van der Waals surface area contributed by atoms with Crippen molar-refractivity contribution in [3.8, 4) is 5.75 Å². The molecule has 4 aliphatic rings. The molecule has 2 fully saturated rings. The van der Waals surface area contributed by atoms with Gasteiger partial charge in [-0.1, -0.05) is 0 Å². The van der Waals surface area contributed by atoms with E-state index in [4.69, 9.17) is 5.73 Å². The lowest BCUT2D eigenvalue weighted by Crippen LogP contribution is -2.69. The van der Waals surface area contributed by atoms with E-state index in [0.29, 0.717) is 12.0 Å². The number of nitrogens with one attached hydrogen (secondary N) is 1. The Kier molecular flexibility index (Phi) is 5.60. The summed E-state index contributed by atoms with van der Waals surface area (Å²) >= 11 is 0. The second-order valence-electron chi connectivity index (χ2n) is 11.0. The number of hydrogen-bond acceptors (Lipinski definition) is 9. The summed E-state index contributed by atoms with van der Waals surface area (Å²) in [5.41, 5.74) is 6.84. The Morgan fingerprint density at radius 1 is 1.22 bits per heavy atom. The largest absolute Gasteiger partial charge is 0.507 e. The molecule has 5 rings (SSSR count). The zero-order valence-corrected chi connectivity index (χ0v) is 21.0. The van der Waals surface area contributed by atoms with Gasteiger partial charge in [0.05, 0.1) is 17.4 Å². The number of anilines is 1. The molecule has 0 aromatic heterocycles. The Labute approximate surface area is 209 Å². The van der Waals surface area contributed by atoms with E-state index in [-0.39, 0.29) is 30.2 Å². The van der Waals surface area contributed by atoms with Crippen molar-refractivity contribution in [1.82, 2.24) is 10.2 Å². The highest BCUT2D eigenvalue weighted by atomic mass is 16.3. The maximum Gasteiger partial charge on any atom is 0.235 e. The molecule has 10 heteroatoms. The van der Waals surface area contributed by atoms with Gasteiger partial charge in [0.1, 0.15) is 5.75 Å². The number of Topliss-reactive ketones (excluding diaryl/α,β-unsaturated/α-hetero) is 4.